The normalized spacial score (nSPS) is 17.8. The van der Waals surface area contributed by atoms with Gasteiger partial charge in [-0.1, -0.05) is 0 Å². The summed E-state index contributed by atoms with van der Waals surface area (Å²) in [5.74, 6) is -12.4. The van der Waals surface area contributed by atoms with Crippen LogP contribution < -0.4 is 0 Å². The minimum Gasteiger partial charge on any atom is -0.465 e. The van der Waals surface area contributed by atoms with Gasteiger partial charge in [-0.2, -0.15) is 0 Å². The molecule has 0 aromatic heterocycles. The highest BCUT2D eigenvalue weighted by molar-refractivity contribution is 6.01. The van der Waals surface area contributed by atoms with Gasteiger partial charge >= 0.3 is 18.0 Å². The summed E-state index contributed by atoms with van der Waals surface area (Å²) in [6.45, 7) is 6.97. The zero-order chi connectivity index (χ0) is 27.4. The van der Waals surface area contributed by atoms with E-state index in [4.69, 9.17) is 14.2 Å². The summed E-state index contributed by atoms with van der Waals surface area (Å²) in [5, 5.41) is 0. The van der Waals surface area contributed by atoms with E-state index in [-0.39, 0.29) is 19.3 Å². The van der Waals surface area contributed by atoms with Gasteiger partial charge in [0.25, 0.3) is 0 Å². The molecule has 1 aliphatic heterocycles. The number of amides is 1. The van der Waals surface area contributed by atoms with Crippen LogP contribution >= 0.6 is 0 Å². The van der Waals surface area contributed by atoms with Crippen molar-refractivity contribution < 1.29 is 51.0 Å². The van der Waals surface area contributed by atoms with Crippen molar-refractivity contribution in [3.05, 3.63) is 34.9 Å². The van der Waals surface area contributed by atoms with Gasteiger partial charge < -0.3 is 14.2 Å². The Morgan fingerprint density at radius 3 is 1.92 bits per heavy atom. The molecule has 1 fully saturated rings. The van der Waals surface area contributed by atoms with E-state index in [2.05, 4.69) is 0 Å². The Morgan fingerprint density at radius 2 is 1.47 bits per heavy atom. The van der Waals surface area contributed by atoms with Crippen molar-refractivity contribution in [2.24, 2.45) is 5.92 Å². The summed E-state index contributed by atoms with van der Waals surface area (Å²) in [5.41, 5.74) is -1.97. The smallest absolute Gasteiger partial charge is 0.410 e. The average molecular weight is 519 g/mol. The molecule has 0 spiro atoms. The van der Waals surface area contributed by atoms with Gasteiger partial charge in [0.2, 0.25) is 0 Å². The van der Waals surface area contributed by atoms with Gasteiger partial charge in [-0.15, -0.1) is 0 Å². The first-order valence-corrected chi connectivity index (χ1v) is 11.4. The number of halogens is 4. The lowest BCUT2D eigenvalue weighted by Gasteiger charge is -2.28. The predicted molar refractivity (Wildman–Crippen MR) is 117 cm³/mol. The Hall–Kier alpha value is -3.18. The average Bonchev–Trinajstić information content (AvgIpc) is 3.20. The molecule has 1 aromatic rings. The van der Waals surface area contributed by atoms with Crippen LogP contribution in [0.1, 0.15) is 58.9 Å². The molecule has 200 valence electrons. The third-order valence-electron chi connectivity index (χ3n) is 5.40. The summed E-state index contributed by atoms with van der Waals surface area (Å²) in [6, 6.07) is -1.36. The van der Waals surface area contributed by atoms with Crippen LogP contribution in [0.2, 0.25) is 0 Å². The number of likely N-dealkylation sites (tertiary alicyclic amines) is 1. The molecule has 12 heteroatoms. The Balaban J connectivity index is 2.44. The second kappa shape index (κ2) is 11.7. The van der Waals surface area contributed by atoms with Gasteiger partial charge in [0, 0.05) is 30.5 Å². The van der Waals surface area contributed by atoms with Crippen LogP contribution in [0.3, 0.4) is 0 Å². The fourth-order valence-corrected chi connectivity index (χ4v) is 3.91. The number of ether oxygens (including phenoxy) is 3. The van der Waals surface area contributed by atoms with E-state index >= 15 is 0 Å². The first kappa shape index (κ1) is 29.1. The SMILES string of the molecule is CCOC(=O)C(CC(=O)[C@H]1C[C@H](c2c(F)c(F)cc(F)c2F)CN1C(=O)OC(C)(C)C)C(=O)OCC. The maximum atomic E-state index is 14.5. The second-order valence-corrected chi connectivity index (χ2v) is 9.19. The molecule has 0 radical (unpaired) electrons. The Labute approximate surface area is 205 Å². The lowest BCUT2D eigenvalue weighted by Crippen LogP contribution is -2.44. The van der Waals surface area contributed by atoms with Crippen LogP contribution in [-0.2, 0) is 28.6 Å². The third kappa shape index (κ3) is 6.73. The second-order valence-electron chi connectivity index (χ2n) is 9.19. The molecule has 2 atom stereocenters. The van der Waals surface area contributed by atoms with Crippen molar-refractivity contribution >= 4 is 23.8 Å². The van der Waals surface area contributed by atoms with Gasteiger partial charge in [-0.25, -0.2) is 22.4 Å². The van der Waals surface area contributed by atoms with Crippen LogP contribution in [-0.4, -0.2) is 60.1 Å². The van der Waals surface area contributed by atoms with E-state index in [0.717, 1.165) is 4.90 Å². The molecule has 1 amide bonds. The van der Waals surface area contributed by atoms with Gasteiger partial charge in [-0.3, -0.25) is 19.3 Å². The molecule has 0 aliphatic carbocycles. The molecule has 8 nitrogen and oxygen atoms in total. The molecule has 36 heavy (non-hydrogen) atoms. The van der Waals surface area contributed by atoms with Gasteiger partial charge in [0.05, 0.1) is 19.3 Å². The molecule has 0 bridgehead atoms. The van der Waals surface area contributed by atoms with E-state index < -0.39 is 95.5 Å². The minimum atomic E-state index is -1.65. The van der Waals surface area contributed by atoms with Crippen LogP contribution in [0.25, 0.3) is 0 Å². The third-order valence-corrected chi connectivity index (χ3v) is 5.40. The zero-order valence-corrected chi connectivity index (χ0v) is 20.7. The number of rotatable bonds is 8. The van der Waals surface area contributed by atoms with Crippen LogP contribution in [0, 0.1) is 29.2 Å². The monoisotopic (exact) mass is 519 g/mol. The highest BCUT2D eigenvalue weighted by atomic mass is 19.2. The summed E-state index contributed by atoms with van der Waals surface area (Å²) < 4.78 is 71.6. The molecule has 1 aromatic carbocycles. The molecule has 2 rings (SSSR count). The van der Waals surface area contributed by atoms with Crippen LogP contribution in [0.15, 0.2) is 6.07 Å². The molecule has 0 saturated carbocycles. The number of hydrogen-bond acceptors (Lipinski definition) is 7. The van der Waals surface area contributed by atoms with Crippen molar-refractivity contribution in [2.75, 3.05) is 19.8 Å². The fraction of sp³-hybridized carbons (Fsp3) is 0.583. The van der Waals surface area contributed by atoms with Crippen molar-refractivity contribution in [3.8, 4) is 0 Å². The number of ketones is 1. The molecule has 0 unspecified atom stereocenters. The number of hydrogen-bond donors (Lipinski definition) is 0. The summed E-state index contributed by atoms with van der Waals surface area (Å²) >= 11 is 0. The fourth-order valence-electron chi connectivity index (χ4n) is 3.91. The molecule has 1 aliphatic rings. The molecule has 1 heterocycles. The number of carbonyl (C=O) groups excluding carboxylic acids is 4. The number of nitrogens with zero attached hydrogens (tertiary/aromatic N) is 1. The van der Waals surface area contributed by atoms with Crippen LogP contribution in [0.5, 0.6) is 0 Å². The topological polar surface area (TPSA) is 99.2 Å². The quantitative estimate of drug-likeness (QED) is 0.168. The van der Waals surface area contributed by atoms with E-state index in [1.807, 2.05) is 0 Å². The van der Waals surface area contributed by atoms with E-state index in [1.54, 1.807) is 20.8 Å². The highest BCUT2D eigenvalue weighted by Crippen LogP contribution is 2.38. The largest absolute Gasteiger partial charge is 0.465 e. The van der Waals surface area contributed by atoms with Crippen molar-refractivity contribution in [1.29, 1.82) is 0 Å². The lowest BCUT2D eigenvalue weighted by atomic mass is 9.91. The number of benzene rings is 1. The Morgan fingerprint density at radius 1 is 0.972 bits per heavy atom. The van der Waals surface area contributed by atoms with Gasteiger partial charge in [-0.05, 0) is 41.0 Å². The first-order chi connectivity index (χ1) is 16.7. The van der Waals surface area contributed by atoms with Crippen molar-refractivity contribution in [2.45, 2.75) is 65.0 Å². The Bertz CT molecular complexity index is 980. The standard InChI is InChI=1S/C24H29F4NO7/c1-6-34-21(31)13(22(32)35-7-2)9-17(30)16-8-12(11-29(16)23(33)36-24(3,4)5)18-19(27)14(25)10-15(26)20(18)28/h10,12-13,16H,6-9,11H2,1-5H3/t12-,16+/m0/s1. The zero-order valence-electron chi connectivity index (χ0n) is 20.7. The number of carbonyl (C=O) groups is 4. The Kier molecular flexibility index (Phi) is 9.44. The van der Waals surface area contributed by atoms with Gasteiger partial charge in [0.1, 0.15) is 5.60 Å². The molecular formula is C24H29F4NO7. The summed E-state index contributed by atoms with van der Waals surface area (Å²) in [7, 11) is 0. The maximum Gasteiger partial charge on any atom is 0.410 e. The summed E-state index contributed by atoms with van der Waals surface area (Å²) in [6.07, 6.45) is -2.20. The van der Waals surface area contributed by atoms with Gasteiger partial charge in [0.15, 0.2) is 35.0 Å². The van der Waals surface area contributed by atoms with Crippen molar-refractivity contribution in [3.63, 3.8) is 0 Å². The number of esters is 2. The van der Waals surface area contributed by atoms with Crippen LogP contribution in [0.4, 0.5) is 22.4 Å². The number of Topliss-reactive ketones (excluding diaryl/α,β-unsaturated/α-hetero) is 1. The maximum absolute atomic E-state index is 14.5. The van der Waals surface area contributed by atoms with E-state index in [1.165, 1.54) is 13.8 Å². The van der Waals surface area contributed by atoms with Crippen molar-refractivity contribution in [1.82, 2.24) is 4.90 Å². The molecule has 0 N–H and O–H groups in total. The van der Waals surface area contributed by atoms with E-state index in [9.17, 15) is 36.7 Å². The minimum absolute atomic E-state index is 0.0562. The first-order valence-electron chi connectivity index (χ1n) is 11.4. The highest BCUT2D eigenvalue weighted by Gasteiger charge is 2.46. The summed E-state index contributed by atoms with van der Waals surface area (Å²) in [4.78, 5) is 51.5. The predicted octanol–water partition coefficient (Wildman–Crippen LogP) is 4.04. The molecular weight excluding hydrogens is 490 g/mol. The lowest BCUT2D eigenvalue weighted by molar-refractivity contribution is -0.163. The van der Waals surface area contributed by atoms with E-state index in [0.29, 0.717) is 0 Å². The molecule has 1 saturated heterocycles.